The summed E-state index contributed by atoms with van der Waals surface area (Å²) < 4.78 is 5.35. The fourth-order valence-corrected chi connectivity index (χ4v) is 5.23. The van der Waals surface area contributed by atoms with E-state index in [1.54, 1.807) is 12.0 Å². The number of amides is 1. The third-order valence-corrected chi connectivity index (χ3v) is 7.08. The summed E-state index contributed by atoms with van der Waals surface area (Å²) in [7, 11) is 1.62. The zero-order chi connectivity index (χ0) is 24.5. The van der Waals surface area contributed by atoms with Crippen LogP contribution in [0.1, 0.15) is 49.3 Å². The first-order valence-electron chi connectivity index (χ1n) is 11.8. The number of halogens is 1. The average Bonchev–Trinajstić information content (AvgIpc) is 3.03. The van der Waals surface area contributed by atoms with E-state index in [2.05, 4.69) is 5.32 Å². The standard InChI is InChI=1S/C29H27ClN2O3/c1-3-27(34)32-25-7-5-4-6-23(25)31-24-16-20(18-8-12-21(30)13-9-18)17-26(33)28(24)29(32)19-10-14-22(35-2)15-11-19/h4-15,20,29,31H,3,16-17H2,1-2H3/t20-,29-/m1/s1. The number of hydrogen-bond acceptors (Lipinski definition) is 4. The maximum absolute atomic E-state index is 13.9. The van der Waals surface area contributed by atoms with Crippen LogP contribution in [0.25, 0.3) is 0 Å². The molecule has 0 saturated heterocycles. The molecule has 5 rings (SSSR count). The predicted octanol–water partition coefficient (Wildman–Crippen LogP) is 6.66. The van der Waals surface area contributed by atoms with Crippen molar-refractivity contribution in [2.45, 2.75) is 38.1 Å². The lowest BCUT2D eigenvalue weighted by atomic mass is 9.78. The molecule has 178 valence electrons. The van der Waals surface area contributed by atoms with Crippen molar-refractivity contribution in [1.82, 2.24) is 0 Å². The molecule has 0 saturated carbocycles. The number of carbonyl (C=O) groups excluding carboxylic acids is 2. The summed E-state index contributed by atoms with van der Waals surface area (Å²) in [4.78, 5) is 29.1. The molecule has 1 aliphatic heterocycles. The number of ketones is 1. The number of rotatable bonds is 4. The fourth-order valence-electron chi connectivity index (χ4n) is 5.11. The van der Waals surface area contributed by atoms with E-state index in [1.807, 2.05) is 79.7 Å². The van der Waals surface area contributed by atoms with E-state index in [0.29, 0.717) is 29.9 Å². The maximum atomic E-state index is 13.9. The molecule has 3 aromatic rings. The number of allylic oxidation sites excluding steroid dienone is 1. The summed E-state index contributed by atoms with van der Waals surface area (Å²) in [5, 5.41) is 4.22. The van der Waals surface area contributed by atoms with Crippen LogP contribution >= 0.6 is 11.6 Å². The number of benzene rings is 3. The van der Waals surface area contributed by atoms with Crippen molar-refractivity contribution in [3.05, 3.63) is 100 Å². The lowest BCUT2D eigenvalue weighted by Gasteiger charge is -2.35. The van der Waals surface area contributed by atoms with Crippen LogP contribution in [-0.4, -0.2) is 18.8 Å². The lowest BCUT2D eigenvalue weighted by molar-refractivity contribution is -0.119. The highest BCUT2D eigenvalue weighted by atomic mass is 35.5. The number of anilines is 2. The Labute approximate surface area is 210 Å². The Morgan fingerprint density at radius 3 is 2.37 bits per heavy atom. The number of Topliss-reactive ketones (excluding diaryl/α,β-unsaturated/α-hetero) is 1. The van der Waals surface area contributed by atoms with Crippen molar-refractivity contribution >= 4 is 34.7 Å². The second-order valence-electron chi connectivity index (χ2n) is 8.91. The van der Waals surface area contributed by atoms with Gasteiger partial charge < -0.3 is 10.1 Å². The third-order valence-electron chi connectivity index (χ3n) is 6.83. The van der Waals surface area contributed by atoms with Gasteiger partial charge in [-0.05, 0) is 59.9 Å². The van der Waals surface area contributed by atoms with Gasteiger partial charge in [-0.3, -0.25) is 14.5 Å². The molecule has 1 aliphatic carbocycles. The summed E-state index contributed by atoms with van der Waals surface area (Å²) in [5.41, 5.74) is 5.06. The molecular weight excluding hydrogens is 460 g/mol. The molecule has 1 heterocycles. The molecule has 2 aliphatic rings. The van der Waals surface area contributed by atoms with E-state index in [-0.39, 0.29) is 17.6 Å². The van der Waals surface area contributed by atoms with Gasteiger partial charge in [-0.15, -0.1) is 0 Å². The van der Waals surface area contributed by atoms with Crippen molar-refractivity contribution in [3.8, 4) is 5.75 Å². The molecule has 0 spiro atoms. The van der Waals surface area contributed by atoms with Gasteiger partial charge in [0.2, 0.25) is 5.91 Å². The van der Waals surface area contributed by atoms with Gasteiger partial charge in [0, 0.05) is 29.1 Å². The highest BCUT2D eigenvalue weighted by Crippen LogP contribution is 2.47. The van der Waals surface area contributed by atoms with Gasteiger partial charge in [0.1, 0.15) is 5.75 Å². The van der Waals surface area contributed by atoms with E-state index in [4.69, 9.17) is 16.3 Å². The Morgan fingerprint density at radius 1 is 1.00 bits per heavy atom. The van der Waals surface area contributed by atoms with Crippen LogP contribution in [0, 0.1) is 0 Å². The number of para-hydroxylation sites is 2. The zero-order valence-corrected chi connectivity index (χ0v) is 20.5. The maximum Gasteiger partial charge on any atom is 0.227 e. The summed E-state index contributed by atoms with van der Waals surface area (Å²) in [6.07, 6.45) is 1.36. The van der Waals surface area contributed by atoms with Crippen molar-refractivity contribution < 1.29 is 14.3 Å². The molecule has 5 nitrogen and oxygen atoms in total. The Morgan fingerprint density at radius 2 is 1.69 bits per heavy atom. The van der Waals surface area contributed by atoms with E-state index in [1.165, 1.54) is 0 Å². The number of carbonyl (C=O) groups is 2. The SMILES string of the molecule is CCC(=O)N1c2ccccc2NC2=C(C(=O)C[C@H](c3ccc(Cl)cc3)C2)[C@H]1c1ccc(OC)cc1. The highest BCUT2D eigenvalue weighted by molar-refractivity contribution is 6.30. The number of methoxy groups -OCH3 is 1. The molecule has 6 heteroatoms. The van der Waals surface area contributed by atoms with E-state index < -0.39 is 6.04 Å². The zero-order valence-electron chi connectivity index (χ0n) is 19.8. The van der Waals surface area contributed by atoms with Crippen LogP contribution in [0.2, 0.25) is 5.02 Å². The molecule has 2 atom stereocenters. The van der Waals surface area contributed by atoms with Crippen molar-refractivity contribution in [2.24, 2.45) is 0 Å². The molecule has 1 amide bonds. The molecule has 3 aromatic carbocycles. The summed E-state index contributed by atoms with van der Waals surface area (Å²) in [6.45, 7) is 1.85. The van der Waals surface area contributed by atoms with Gasteiger partial charge >= 0.3 is 0 Å². The summed E-state index contributed by atoms with van der Waals surface area (Å²) >= 11 is 6.10. The Balaban J connectivity index is 1.69. The van der Waals surface area contributed by atoms with Gasteiger partial charge in [-0.2, -0.15) is 0 Å². The van der Waals surface area contributed by atoms with E-state index >= 15 is 0 Å². The van der Waals surface area contributed by atoms with Gasteiger partial charge in [-0.1, -0.05) is 54.9 Å². The average molecular weight is 487 g/mol. The quantitative estimate of drug-likeness (QED) is 0.448. The molecule has 0 radical (unpaired) electrons. The van der Waals surface area contributed by atoms with E-state index in [0.717, 1.165) is 33.9 Å². The molecule has 1 N–H and O–H groups in total. The first kappa shape index (κ1) is 23.2. The van der Waals surface area contributed by atoms with Crippen LogP contribution in [0.15, 0.2) is 84.1 Å². The number of hydrogen-bond donors (Lipinski definition) is 1. The molecule has 0 bridgehead atoms. The normalized spacial score (nSPS) is 19.4. The van der Waals surface area contributed by atoms with Gasteiger partial charge in [-0.25, -0.2) is 0 Å². The summed E-state index contributed by atoms with van der Waals surface area (Å²) in [6, 6.07) is 22.6. The molecule has 35 heavy (non-hydrogen) atoms. The number of nitrogens with one attached hydrogen (secondary N) is 1. The summed E-state index contributed by atoms with van der Waals surface area (Å²) in [5.74, 6) is 0.757. The van der Waals surface area contributed by atoms with Crippen LogP contribution < -0.4 is 15.0 Å². The molecular formula is C29H27ClN2O3. The predicted molar refractivity (Wildman–Crippen MR) is 139 cm³/mol. The van der Waals surface area contributed by atoms with E-state index in [9.17, 15) is 9.59 Å². The topological polar surface area (TPSA) is 58.6 Å². The number of fused-ring (bicyclic) bond motifs is 1. The molecule has 0 fully saturated rings. The van der Waals surface area contributed by atoms with Gasteiger partial charge in [0.15, 0.2) is 5.78 Å². The van der Waals surface area contributed by atoms with Gasteiger partial charge in [0.25, 0.3) is 0 Å². The van der Waals surface area contributed by atoms with Crippen LogP contribution in [0.5, 0.6) is 5.75 Å². The van der Waals surface area contributed by atoms with Gasteiger partial charge in [0.05, 0.1) is 24.5 Å². The Bertz CT molecular complexity index is 1300. The van der Waals surface area contributed by atoms with Crippen molar-refractivity contribution in [1.29, 1.82) is 0 Å². The highest BCUT2D eigenvalue weighted by Gasteiger charge is 2.41. The number of nitrogens with zero attached hydrogens (tertiary/aromatic N) is 1. The van der Waals surface area contributed by atoms with Crippen LogP contribution in [0.3, 0.4) is 0 Å². The monoisotopic (exact) mass is 486 g/mol. The molecule has 0 unspecified atom stereocenters. The van der Waals surface area contributed by atoms with Crippen LogP contribution in [0.4, 0.5) is 11.4 Å². The fraction of sp³-hybridized carbons (Fsp3) is 0.241. The molecule has 0 aromatic heterocycles. The minimum atomic E-state index is -0.529. The Hall–Kier alpha value is -3.57. The largest absolute Gasteiger partial charge is 0.497 e. The first-order chi connectivity index (χ1) is 17.0. The second-order valence-corrected chi connectivity index (χ2v) is 9.34. The number of ether oxygens (including phenoxy) is 1. The third kappa shape index (κ3) is 4.32. The van der Waals surface area contributed by atoms with Crippen molar-refractivity contribution in [3.63, 3.8) is 0 Å². The first-order valence-corrected chi connectivity index (χ1v) is 12.2. The smallest absolute Gasteiger partial charge is 0.227 e. The second kappa shape index (κ2) is 9.59. The Kier molecular flexibility index (Phi) is 6.35. The minimum Gasteiger partial charge on any atom is -0.497 e. The van der Waals surface area contributed by atoms with Crippen LogP contribution in [-0.2, 0) is 9.59 Å². The lowest BCUT2D eigenvalue weighted by Crippen LogP contribution is -2.38. The van der Waals surface area contributed by atoms with Crippen molar-refractivity contribution in [2.75, 3.05) is 17.3 Å². The minimum absolute atomic E-state index is 0.0307.